The number of unbranched alkanes of at least 4 members (excludes halogenated alkanes) is 8. The Kier molecular flexibility index (Phi) is 18.1. The van der Waals surface area contributed by atoms with Gasteiger partial charge in [-0.3, -0.25) is 9.28 Å². The van der Waals surface area contributed by atoms with Gasteiger partial charge in [-0.15, -0.1) is 0 Å². The van der Waals surface area contributed by atoms with Crippen molar-refractivity contribution in [3.8, 4) is 0 Å². The first kappa shape index (κ1) is 32.9. The Morgan fingerprint density at radius 1 is 1.12 bits per heavy atom. The number of rotatable bonds is 19. The molecule has 186 valence electrons. The summed E-state index contributed by atoms with van der Waals surface area (Å²) in [6.07, 6.45) is 14.6. The van der Waals surface area contributed by atoms with E-state index in [4.69, 9.17) is 0 Å². The van der Waals surface area contributed by atoms with Crippen molar-refractivity contribution in [2.24, 2.45) is 4.99 Å². The van der Waals surface area contributed by atoms with Crippen molar-refractivity contribution in [2.45, 2.75) is 83.7 Å². The monoisotopic (exact) mass is 497 g/mol. The van der Waals surface area contributed by atoms with Crippen LogP contribution in [0.2, 0.25) is 0 Å². The second-order valence-corrected chi connectivity index (χ2v) is 10.2. The van der Waals surface area contributed by atoms with Crippen LogP contribution in [0.4, 0.5) is 0 Å². The number of hydrogen-bond acceptors (Lipinski definition) is 7. The molecule has 0 saturated carbocycles. The summed E-state index contributed by atoms with van der Waals surface area (Å²) in [4.78, 5) is 17.1. The summed E-state index contributed by atoms with van der Waals surface area (Å²) >= 11 is 0. The van der Waals surface area contributed by atoms with Gasteiger partial charge in [-0.25, -0.2) is 13.4 Å². The van der Waals surface area contributed by atoms with Crippen molar-refractivity contribution >= 4 is 21.7 Å². The van der Waals surface area contributed by atoms with Crippen molar-refractivity contribution in [2.75, 3.05) is 38.5 Å². The molecule has 33 heavy (non-hydrogen) atoms. The number of aliphatic hydroxyl groups is 2. The summed E-state index contributed by atoms with van der Waals surface area (Å²) in [5, 5.41) is 19.6. The molecule has 2 atom stereocenters. The minimum absolute atomic E-state index is 0. The van der Waals surface area contributed by atoms with Gasteiger partial charge in [0.25, 0.3) is 5.84 Å². The van der Waals surface area contributed by atoms with Crippen LogP contribution in [-0.4, -0.2) is 83.9 Å². The Morgan fingerprint density at radius 3 is 2.33 bits per heavy atom. The molecule has 0 aromatic carbocycles. The van der Waals surface area contributed by atoms with Crippen LogP contribution < -0.4 is 29.6 Å². The van der Waals surface area contributed by atoms with Gasteiger partial charge in [0.15, 0.2) is 0 Å². The maximum Gasteiger partial charge on any atom is 1.00 e. The van der Waals surface area contributed by atoms with E-state index in [1.165, 1.54) is 25.7 Å². The fourth-order valence-electron chi connectivity index (χ4n) is 4.26. The van der Waals surface area contributed by atoms with Crippen LogP contribution in [0.15, 0.2) is 17.1 Å². The number of aliphatic imine (C=N–C) groups is 1. The summed E-state index contributed by atoms with van der Waals surface area (Å²) in [6, 6.07) is 0. The Labute approximate surface area is 222 Å². The molecule has 0 fully saturated rings. The van der Waals surface area contributed by atoms with Gasteiger partial charge < -0.3 is 14.8 Å². The number of allylic oxidation sites excluding steroid dienone is 2. The van der Waals surface area contributed by atoms with Gasteiger partial charge >= 0.3 is 29.6 Å². The number of amidine groups is 1. The maximum absolute atomic E-state index is 12.8. The molecule has 1 heterocycles. The minimum Gasteiger partial charge on any atom is -0.748 e. The molecule has 1 rings (SSSR count). The van der Waals surface area contributed by atoms with E-state index in [2.05, 4.69) is 24.1 Å². The Morgan fingerprint density at radius 2 is 1.73 bits per heavy atom. The van der Waals surface area contributed by atoms with Crippen LogP contribution in [0.3, 0.4) is 0 Å². The number of carbonyl (C=O) groups excluding carboxylic acids is 1. The molecule has 0 aliphatic carbocycles. The second kappa shape index (κ2) is 18.2. The fourth-order valence-corrected chi connectivity index (χ4v) is 4.84. The standard InChI is InChI=1S/C23H42N2O6S.Na/c1-2-3-4-5-6-7-8-9-10-11-12-13-14-22(28)23-24-15-16-25(23,17-18-26)19-21(27)20-32(29,30)31;/h6-7,21,26-27H,2-5,8-20H2,1H3;/q;+1/b7-6+;. The topological polar surface area (TPSA) is 127 Å². The van der Waals surface area contributed by atoms with Crippen LogP contribution in [0, 0.1) is 0 Å². The normalized spacial score (nSPS) is 19.5. The average molecular weight is 498 g/mol. The first-order chi connectivity index (χ1) is 15.2. The van der Waals surface area contributed by atoms with Crippen molar-refractivity contribution in [1.29, 1.82) is 0 Å². The van der Waals surface area contributed by atoms with Crippen molar-refractivity contribution in [3.05, 3.63) is 12.2 Å². The van der Waals surface area contributed by atoms with E-state index in [1.807, 2.05) is 0 Å². The predicted molar refractivity (Wildman–Crippen MR) is 125 cm³/mol. The van der Waals surface area contributed by atoms with Gasteiger partial charge in [0.05, 0.1) is 29.0 Å². The fraction of sp³-hybridized carbons (Fsp3) is 0.826. The van der Waals surface area contributed by atoms with Crippen LogP contribution in [-0.2, 0) is 14.9 Å². The zero-order valence-corrected chi connectivity index (χ0v) is 23.4. The number of nitrogens with zero attached hydrogens (tertiary/aromatic N) is 2. The number of aliphatic hydroxyl groups excluding tert-OH is 2. The van der Waals surface area contributed by atoms with Gasteiger partial charge in [-0.2, -0.15) is 0 Å². The average Bonchev–Trinajstić information content (AvgIpc) is 3.10. The Hall–Kier alpha value is -0.130. The van der Waals surface area contributed by atoms with Gasteiger partial charge in [0.1, 0.15) is 25.7 Å². The molecule has 10 heteroatoms. The van der Waals surface area contributed by atoms with Crippen molar-refractivity contribution < 1.29 is 62.0 Å². The number of carbonyl (C=O) groups is 1. The molecule has 1 aliphatic heterocycles. The molecule has 2 unspecified atom stereocenters. The van der Waals surface area contributed by atoms with E-state index in [-0.39, 0.29) is 65.4 Å². The van der Waals surface area contributed by atoms with Crippen molar-refractivity contribution in [3.63, 3.8) is 0 Å². The maximum atomic E-state index is 12.8. The summed E-state index contributed by atoms with van der Waals surface area (Å²) in [7, 11) is -4.58. The van der Waals surface area contributed by atoms with Crippen LogP contribution in [0.1, 0.15) is 77.6 Å². The van der Waals surface area contributed by atoms with Crippen molar-refractivity contribution in [1.82, 2.24) is 0 Å². The minimum atomic E-state index is -4.58. The van der Waals surface area contributed by atoms with E-state index >= 15 is 0 Å². The molecule has 0 spiro atoms. The quantitative estimate of drug-likeness (QED) is 0.0819. The molecule has 1 aliphatic rings. The molecule has 0 bridgehead atoms. The number of hydrogen-bond donors (Lipinski definition) is 2. The zero-order valence-electron chi connectivity index (χ0n) is 20.6. The van der Waals surface area contributed by atoms with E-state index in [1.54, 1.807) is 0 Å². The summed E-state index contributed by atoms with van der Waals surface area (Å²) in [5.41, 5.74) is 0. The zero-order chi connectivity index (χ0) is 23.9. The Bertz CT molecular complexity index is 714. The molecule has 2 N–H and O–H groups in total. The molecule has 8 nitrogen and oxygen atoms in total. The van der Waals surface area contributed by atoms with Gasteiger partial charge in [-0.05, 0) is 32.1 Å². The summed E-state index contributed by atoms with van der Waals surface area (Å²) in [5.74, 6) is -0.744. The Balaban J connectivity index is 0.0000102. The van der Waals surface area contributed by atoms with Crippen LogP contribution in [0.25, 0.3) is 0 Å². The SMILES string of the molecule is CCCCC/C=C/CCCCCCCC(=O)C1=NCC[N+]1(CCO)CC(O)CS(=O)(=O)[O-].[Na+]. The van der Waals surface area contributed by atoms with Crippen LogP contribution in [0.5, 0.6) is 0 Å². The first-order valence-corrected chi connectivity index (χ1v) is 13.6. The second-order valence-electron chi connectivity index (χ2n) is 8.78. The van der Waals surface area contributed by atoms with Crippen LogP contribution >= 0.6 is 0 Å². The van der Waals surface area contributed by atoms with E-state index in [0.717, 1.165) is 38.5 Å². The third kappa shape index (κ3) is 14.1. The van der Waals surface area contributed by atoms with E-state index < -0.39 is 22.0 Å². The molecular formula is C23H42N2NaO6S+. The molecular weight excluding hydrogens is 455 g/mol. The largest absolute Gasteiger partial charge is 1.00 e. The molecule has 0 saturated heterocycles. The third-order valence-electron chi connectivity index (χ3n) is 5.89. The number of quaternary nitrogens is 1. The summed E-state index contributed by atoms with van der Waals surface area (Å²) in [6.45, 7) is 2.81. The van der Waals surface area contributed by atoms with Gasteiger partial charge in [0.2, 0.25) is 5.78 Å². The smallest absolute Gasteiger partial charge is 0.748 e. The van der Waals surface area contributed by atoms with Gasteiger partial charge in [-0.1, -0.05) is 51.2 Å². The number of Topliss-reactive ketones (excluding diaryl/α,β-unsaturated/α-hetero) is 1. The molecule has 0 aromatic heterocycles. The molecule has 0 radical (unpaired) electrons. The number of ketones is 1. The third-order valence-corrected chi connectivity index (χ3v) is 6.68. The van der Waals surface area contributed by atoms with E-state index in [9.17, 15) is 28.0 Å². The van der Waals surface area contributed by atoms with E-state index in [0.29, 0.717) is 19.5 Å². The molecule has 0 amide bonds. The van der Waals surface area contributed by atoms with Gasteiger partial charge in [0, 0.05) is 6.42 Å². The summed E-state index contributed by atoms with van der Waals surface area (Å²) < 4.78 is 32.8. The molecule has 0 aromatic rings. The predicted octanol–water partition coefficient (Wildman–Crippen LogP) is -0.446. The first-order valence-electron chi connectivity index (χ1n) is 12.1.